The van der Waals surface area contributed by atoms with Crippen LogP contribution in [0.4, 0.5) is 0 Å². The van der Waals surface area contributed by atoms with E-state index < -0.39 is 24.0 Å². The van der Waals surface area contributed by atoms with Gasteiger partial charge in [0.05, 0.1) is 6.54 Å². The molecule has 0 aromatic heterocycles. The minimum Gasteiger partial charge on any atom is -0.480 e. The summed E-state index contributed by atoms with van der Waals surface area (Å²) in [6.07, 6.45) is 6.39. The maximum absolute atomic E-state index is 12.1. The van der Waals surface area contributed by atoms with Crippen molar-refractivity contribution in [3.8, 4) is 0 Å². The molecule has 1 aliphatic heterocycles. The van der Waals surface area contributed by atoms with Gasteiger partial charge in [0.1, 0.15) is 12.1 Å². The molecule has 1 heterocycles. The van der Waals surface area contributed by atoms with Crippen LogP contribution in [0.1, 0.15) is 65.7 Å². The van der Waals surface area contributed by atoms with Crippen LogP contribution < -0.4 is 21.7 Å². The van der Waals surface area contributed by atoms with E-state index in [0.29, 0.717) is 18.4 Å². The van der Waals surface area contributed by atoms with Crippen molar-refractivity contribution in [1.82, 2.24) is 16.0 Å². The van der Waals surface area contributed by atoms with Gasteiger partial charge in [0.15, 0.2) is 5.96 Å². The van der Waals surface area contributed by atoms with Crippen molar-refractivity contribution in [3.05, 3.63) is 0 Å². The highest BCUT2D eigenvalue weighted by Crippen LogP contribution is 2.10. The lowest BCUT2D eigenvalue weighted by Crippen LogP contribution is -2.52. The van der Waals surface area contributed by atoms with Crippen molar-refractivity contribution in [2.75, 3.05) is 6.54 Å². The first kappa shape index (κ1) is 23.7. The fourth-order valence-corrected chi connectivity index (χ4v) is 3.05. The van der Waals surface area contributed by atoms with Crippen LogP contribution in [0.3, 0.4) is 0 Å². The number of unbranched alkanes of at least 4 members (excludes halogenated alkanes) is 4. The summed E-state index contributed by atoms with van der Waals surface area (Å²) in [6, 6.07) is -1.37. The van der Waals surface area contributed by atoms with Crippen LogP contribution in [0.2, 0.25) is 0 Å². The molecule has 6 N–H and O–H groups in total. The molecular weight excluding hydrogens is 362 g/mol. The smallest absolute Gasteiger partial charge is 0.326 e. The lowest BCUT2D eigenvalue weighted by atomic mass is 10.0. The Hall–Kier alpha value is -2.32. The molecule has 1 rings (SSSR count). The Morgan fingerprint density at radius 3 is 2.36 bits per heavy atom. The molecule has 0 radical (unpaired) electrons. The lowest BCUT2D eigenvalue weighted by molar-refractivity contribution is -0.143. The number of aliphatic imine (C=N–C) groups is 1. The first-order valence-corrected chi connectivity index (χ1v) is 10.1. The fourth-order valence-electron chi connectivity index (χ4n) is 3.05. The van der Waals surface area contributed by atoms with Crippen molar-refractivity contribution in [2.24, 2.45) is 16.6 Å². The Bertz CT molecular complexity index is 565. The highest BCUT2D eigenvalue weighted by molar-refractivity contribution is 5.90. The number of nitrogens with two attached hydrogens (primary N) is 1. The average molecular weight is 398 g/mol. The highest BCUT2D eigenvalue weighted by Gasteiger charge is 2.26. The number of carboxylic acids is 1. The number of nitrogens with one attached hydrogen (secondary N) is 3. The summed E-state index contributed by atoms with van der Waals surface area (Å²) in [6.45, 7) is 5.74. The van der Waals surface area contributed by atoms with Crippen LogP contribution in [0.15, 0.2) is 4.99 Å². The zero-order valence-corrected chi connectivity index (χ0v) is 17.2. The Morgan fingerprint density at radius 1 is 1.14 bits per heavy atom. The number of hydrogen-bond donors (Lipinski definition) is 5. The Kier molecular flexibility index (Phi) is 10.3. The van der Waals surface area contributed by atoms with E-state index in [1.165, 1.54) is 0 Å². The lowest BCUT2D eigenvalue weighted by Gasteiger charge is -2.21. The molecule has 0 saturated heterocycles. The maximum Gasteiger partial charge on any atom is 0.326 e. The Morgan fingerprint density at radius 2 is 1.79 bits per heavy atom. The second kappa shape index (κ2) is 12.2. The molecule has 9 nitrogen and oxygen atoms in total. The third-order valence-corrected chi connectivity index (χ3v) is 4.79. The van der Waals surface area contributed by atoms with Gasteiger partial charge in [-0.25, -0.2) is 4.79 Å². The van der Waals surface area contributed by atoms with Crippen molar-refractivity contribution in [1.29, 1.82) is 0 Å². The molecule has 0 saturated carbocycles. The summed E-state index contributed by atoms with van der Waals surface area (Å²) in [5.41, 5.74) is 5.58. The van der Waals surface area contributed by atoms with Crippen molar-refractivity contribution >= 4 is 23.7 Å². The van der Waals surface area contributed by atoms with Gasteiger partial charge < -0.3 is 26.8 Å². The van der Waals surface area contributed by atoms with Crippen molar-refractivity contribution < 1.29 is 19.5 Å². The topological polar surface area (TPSA) is 146 Å². The SMILES string of the molecule is CC(C)[C@H](NC(=O)[C@H](C)NC(=O)CCCCCCC[C@@H]1CN=C(N)N1)C(=O)O. The molecule has 0 spiro atoms. The quantitative estimate of drug-likeness (QED) is 0.290. The maximum atomic E-state index is 12.1. The Balaban J connectivity index is 2.10. The van der Waals surface area contributed by atoms with E-state index in [0.717, 1.165) is 45.1 Å². The number of carboxylic acid groups (broad SMARTS) is 1. The van der Waals surface area contributed by atoms with Crippen LogP contribution in [-0.2, 0) is 14.4 Å². The molecule has 0 aliphatic carbocycles. The van der Waals surface area contributed by atoms with Crippen LogP contribution in [0, 0.1) is 5.92 Å². The van der Waals surface area contributed by atoms with E-state index in [1.54, 1.807) is 20.8 Å². The standard InChI is InChI=1S/C19H35N5O4/c1-12(2)16(18(27)28)24-17(26)13(3)22-15(25)10-8-6-4-5-7-9-14-11-21-19(20)23-14/h12-14,16H,4-11H2,1-3H3,(H,22,25)(H,24,26)(H,27,28)(H3,20,21,23)/t13-,14+,16-/m0/s1. The number of rotatable bonds is 13. The molecule has 0 unspecified atom stereocenters. The zero-order valence-electron chi connectivity index (χ0n) is 17.2. The number of carbonyl (C=O) groups excluding carboxylic acids is 2. The number of guanidine groups is 1. The largest absolute Gasteiger partial charge is 0.480 e. The number of nitrogens with zero attached hydrogens (tertiary/aromatic N) is 1. The molecular formula is C19H35N5O4. The van der Waals surface area contributed by atoms with Gasteiger partial charge in [0.25, 0.3) is 0 Å². The zero-order chi connectivity index (χ0) is 21.1. The molecule has 0 bridgehead atoms. The molecule has 0 aromatic carbocycles. The van der Waals surface area contributed by atoms with Crippen molar-refractivity contribution in [2.45, 2.75) is 83.8 Å². The predicted octanol–water partition coefficient (Wildman–Crippen LogP) is 0.734. The molecule has 160 valence electrons. The van der Waals surface area contributed by atoms with E-state index in [2.05, 4.69) is 20.9 Å². The summed E-state index contributed by atoms with van der Waals surface area (Å²) >= 11 is 0. The molecule has 2 amide bonds. The van der Waals surface area contributed by atoms with E-state index >= 15 is 0 Å². The van der Waals surface area contributed by atoms with Gasteiger partial charge in [-0.1, -0.05) is 39.5 Å². The first-order valence-electron chi connectivity index (χ1n) is 10.1. The Labute approximate surface area is 166 Å². The number of carbonyl (C=O) groups is 3. The first-order chi connectivity index (χ1) is 13.2. The summed E-state index contributed by atoms with van der Waals surface area (Å²) in [4.78, 5) is 39.3. The monoisotopic (exact) mass is 397 g/mol. The second-order valence-corrected chi connectivity index (χ2v) is 7.73. The number of amides is 2. The summed E-state index contributed by atoms with van der Waals surface area (Å²) in [5.74, 6) is -1.47. The van der Waals surface area contributed by atoms with E-state index in [-0.39, 0.29) is 11.8 Å². The third kappa shape index (κ3) is 9.05. The van der Waals surface area contributed by atoms with Gasteiger partial charge in [-0.15, -0.1) is 0 Å². The second-order valence-electron chi connectivity index (χ2n) is 7.73. The van der Waals surface area contributed by atoms with Gasteiger partial charge in [0, 0.05) is 12.5 Å². The van der Waals surface area contributed by atoms with E-state index in [1.807, 2.05) is 0 Å². The summed E-state index contributed by atoms with van der Waals surface area (Å²) in [5, 5.41) is 17.3. The van der Waals surface area contributed by atoms with E-state index in [4.69, 9.17) is 10.8 Å². The van der Waals surface area contributed by atoms with Gasteiger partial charge >= 0.3 is 5.97 Å². The predicted molar refractivity (Wildman–Crippen MR) is 108 cm³/mol. The van der Waals surface area contributed by atoms with Crippen LogP contribution in [0.25, 0.3) is 0 Å². The van der Waals surface area contributed by atoms with Crippen LogP contribution in [-0.4, -0.2) is 53.5 Å². The molecule has 28 heavy (non-hydrogen) atoms. The van der Waals surface area contributed by atoms with Crippen LogP contribution in [0.5, 0.6) is 0 Å². The van der Waals surface area contributed by atoms with Crippen LogP contribution >= 0.6 is 0 Å². The average Bonchev–Trinajstić information content (AvgIpc) is 3.03. The van der Waals surface area contributed by atoms with Crippen molar-refractivity contribution in [3.63, 3.8) is 0 Å². The minimum absolute atomic E-state index is 0.193. The third-order valence-electron chi connectivity index (χ3n) is 4.79. The van der Waals surface area contributed by atoms with Gasteiger partial charge in [0.2, 0.25) is 11.8 Å². The number of hydrogen-bond acceptors (Lipinski definition) is 6. The van der Waals surface area contributed by atoms with Gasteiger partial charge in [-0.2, -0.15) is 0 Å². The van der Waals surface area contributed by atoms with E-state index in [9.17, 15) is 14.4 Å². The fraction of sp³-hybridized carbons (Fsp3) is 0.789. The normalized spacial score (nSPS) is 18.1. The molecule has 9 heteroatoms. The summed E-state index contributed by atoms with van der Waals surface area (Å²) < 4.78 is 0. The molecule has 3 atom stereocenters. The summed E-state index contributed by atoms with van der Waals surface area (Å²) in [7, 11) is 0. The molecule has 0 fully saturated rings. The minimum atomic E-state index is -1.08. The van der Waals surface area contributed by atoms with Gasteiger partial charge in [-0.3, -0.25) is 14.6 Å². The van der Waals surface area contributed by atoms with Gasteiger partial charge in [-0.05, 0) is 25.7 Å². The highest BCUT2D eigenvalue weighted by atomic mass is 16.4. The molecule has 1 aliphatic rings. The number of aliphatic carboxylic acids is 1. The molecule has 0 aromatic rings.